The largest absolute Gasteiger partial charge is 0.491 e. The molecule has 0 fully saturated rings. The van der Waals surface area contributed by atoms with Gasteiger partial charge in [0.1, 0.15) is 12.4 Å². The number of aryl methyl sites for hydroxylation is 1. The van der Waals surface area contributed by atoms with Gasteiger partial charge in [0.2, 0.25) is 0 Å². The molecule has 13 nitrogen and oxygen atoms in total. The second kappa shape index (κ2) is 34.4. The first-order valence-electron chi connectivity index (χ1n) is 16.8. The van der Waals surface area contributed by atoms with E-state index < -0.39 is 0 Å². The molecule has 0 atom stereocenters. The van der Waals surface area contributed by atoms with E-state index in [-0.39, 0.29) is 6.61 Å². The van der Waals surface area contributed by atoms with Crippen molar-refractivity contribution in [3.63, 3.8) is 0 Å². The molecule has 0 radical (unpaired) electrons. The number of benzene rings is 1. The van der Waals surface area contributed by atoms with Crippen LogP contribution in [0, 0.1) is 6.92 Å². The van der Waals surface area contributed by atoms with Crippen molar-refractivity contribution in [2.75, 3.05) is 159 Å². The summed E-state index contributed by atoms with van der Waals surface area (Å²) < 4.78 is 65.8. The third kappa shape index (κ3) is 29.2. The van der Waals surface area contributed by atoms with E-state index in [1.165, 1.54) is 11.1 Å². The summed E-state index contributed by atoms with van der Waals surface area (Å²) in [6.07, 6.45) is 0. The lowest BCUT2D eigenvalue weighted by atomic mass is 10.0. The Morgan fingerprint density at radius 1 is 0.426 bits per heavy atom. The lowest BCUT2D eigenvalue weighted by molar-refractivity contribution is -0.0280. The molecule has 0 unspecified atom stereocenters. The molecule has 0 amide bonds. The SMILES string of the molecule is Cc1ccc(C(C)C)c(OCCOCCOCCOCCOCCOCCOCCOCCOCCOCCOCCOCCO)c1. The average Bonchev–Trinajstić information content (AvgIpc) is 3.06. The normalized spacial score (nSPS) is 11.6. The maximum Gasteiger partial charge on any atom is 0.123 e. The van der Waals surface area contributed by atoms with Crippen LogP contribution in [0.1, 0.15) is 30.9 Å². The molecule has 0 aliphatic carbocycles. The monoisotopic (exact) mass is 678 g/mol. The van der Waals surface area contributed by atoms with Crippen LogP contribution in [0.25, 0.3) is 0 Å². The molecule has 0 aromatic heterocycles. The van der Waals surface area contributed by atoms with Crippen molar-refractivity contribution in [1.29, 1.82) is 0 Å². The Hall–Kier alpha value is -1.46. The van der Waals surface area contributed by atoms with Gasteiger partial charge in [0, 0.05) is 0 Å². The van der Waals surface area contributed by atoms with Gasteiger partial charge in [0.25, 0.3) is 0 Å². The Kier molecular flexibility index (Phi) is 31.9. The minimum Gasteiger partial charge on any atom is -0.491 e. The van der Waals surface area contributed by atoms with Crippen molar-refractivity contribution >= 4 is 0 Å². The fourth-order valence-corrected chi connectivity index (χ4v) is 3.82. The van der Waals surface area contributed by atoms with E-state index in [0.29, 0.717) is 158 Å². The van der Waals surface area contributed by atoms with Crippen molar-refractivity contribution in [3.05, 3.63) is 29.3 Å². The Labute approximate surface area is 282 Å². The minimum atomic E-state index is 0.0251. The Morgan fingerprint density at radius 3 is 0.979 bits per heavy atom. The fourth-order valence-electron chi connectivity index (χ4n) is 3.82. The third-order valence-corrected chi connectivity index (χ3v) is 6.23. The lowest BCUT2D eigenvalue weighted by Crippen LogP contribution is -2.15. The van der Waals surface area contributed by atoms with Crippen molar-refractivity contribution in [2.45, 2.75) is 26.7 Å². The number of ether oxygens (including phenoxy) is 12. The predicted octanol–water partition coefficient (Wildman–Crippen LogP) is 2.67. The molecule has 1 N–H and O–H groups in total. The van der Waals surface area contributed by atoms with Crippen molar-refractivity contribution in [2.24, 2.45) is 0 Å². The van der Waals surface area contributed by atoms with Crippen LogP contribution < -0.4 is 4.74 Å². The van der Waals surface area contributed by atoms with Crippen molar-refractivity contribution < 1.29 is 61.9 Å². The van der Waals surface area contributed by atoms with Crippen LogP contribution >= 0.6 is 0 Å². The van der Waals surface area contributed by atoms with E-state index in [9.17, 15) is 0 Å². The second-order valence-electron chi connectivity index (χ2n) is 10.5. The Bertz CT molecular complexity index is 784. The highest BCUT2D eigenvalue weighted by Crippen LogP contribution is 2.27. The molecular formula is C34H62O13. The zero-order valence-corrected chi connectivity index (χ0v) is 29.1. The van der Waals surface area contributed by atoms with Crippen LogP contribution in [0.15, 0.2) is 18.2 Å². The van der Waals surface area contributed by atoms with Gasteiger partial charge < -0.3 is 61.9 Å². The summed E-state index contributed by atoms with van der Waals surface area (Å²) in [5, 5.41) is 8.58. The molecule has 0 spiro atoms. The maximum absolute atomic E-state index is 8.58. The standard InChI is InChI=1S/C34H62O13/c1-31(2)33-5-4-32(3)30-34(33)47-29-28-46-27-26-45-25-24-44-23-22-43-21-20-42-19-18-41-17-16-40-15-14-39-13-12-38-11-10-37-9-8-36-7-6-35/h4-5,30-31,35H,6-29H2,1-3H3. The van der Waals surface area contributed by atoms with E-state index in [1.54, 1.807) is 0 Å². The van der Waals surface area contributed by atoms with E-state index in [4.69, 9.17) is 61.9 Å². The van der Waals surface area contributed by atoms with Gasteiger partial charge in [-0.1, -0.05) is 26.0 Å². The molecule has 0 bridgehead atoms. The minimum absolute atomic E-state index is 0.0251. The van der Waals surface area contributed by atoms with Crippen LogP contribution in [0.5, 0.6) is 5.75 Å². The number of hydrogen-bond acceptors (Lipinski definition) is 13. The molecule has 276 valence electrons. The molecule has 13 heteroatoms. The van der Waals surface area contributed by atoms with E-state index >= 15 is 0 Å². The summed E-state index contributed by atoms with van der Waals surface area (Å²) in [6, 6.07) is 6.33. The molecule has 1 aromatic rings. The Balaban J connectivity index is 1.68. The van der Waals surface area contributed by atoms with E-state index in [1.807, 2.05) is 0 Å². The summed E-state index contributed by atoms with van der Waals surface area (Å²) in [4.78, 5) is 0. The summed E-state index contributed by atoms with van der Waals surface area (Å²) in [5.74, 6) is 1.36. The number of aliphatic hydroxyl groups excluding tert-OH is 1. The van der Waals surface area contributed by atoms with Gasteiger partial charge in [-0.25, -0.2) is 0 Å². The van der Waals surface area contributed by atoms with Crippen LogP contribution in [0.3, 0.4) is 0 Å². The summed E-state index contributed by atoms with van der Waals surface area (Å²) in [7, 11) is 0. The molecule has 0 saturated carbocycles. The summed E-state index contributed by atoms with van der Waals surface area (Å²) in [6.45, 7) is 17.9. The van der Waals surface area contributed by atoms with Gasteiger partial charge in [0.15, 0.2) is 0 Å². The Morgan fingerprint density at radius 2 is 0.702 bits per heavy atom. The summed E-state index contributed by atoms with van der Waals surface area (Å²) >= 11 is 0. The van der Waals surface area contributed by atoms with Crippen molar-refractivity contribution in [3.8, 4) is 5.75 Å². The molecule has 1 aromatic carbocycles. The fraction of sp³-hybridized carbons (Fsp3) is 0.824. The summed E-state index contributed by atoms with van der Waals surface area (Å²) in [5.41, 5.74) is 2.40. The van der Waals surface area contributed by atoms with Gasteiger partial charge in [-0.3, -0.25) is 0 Å². The quantitative estimate of drug-likeness (QED) is 0.104. The first-order chi connectivity index (χ1) is 23.1. The molecule has 47 heavy (non-hydrogen) atoms. The second-order valence-corrected chi connectivity index (χ2v) is 10.5. The van der Waals surface area contributed by atoms with Gasteiger partial charge in [0.05, 0.1) is 152 Å². The lowest BCUT2D eigenvalue weighted by Gasteiger charge is -2.15. The zero-order chi connectivity index (χ0) is 33.9. The van der Waals surface area contributed by atoms with Gasteiger partial charge in [-0.15, -0.1) is 0 Å². The smallest absolute Gasteiger partial charge is 0.123 e. The molecule has 0 aliphatic rings. The predicted molar refractivity (Wildman–Crippen MR) is 177 cm³/mol. The number of aliphatic hydroxyl groups is 1. The highest BCUT2D eigenvalue weighted by Gasteiger charge is 2.08. The zero-order valence-electron chi connectivity index (χ0n) is 29.1. The number of hydrogen-bond donors (Lipinski definition) is 1. The third-order valence-electron chi connectivity index (χ3n) is 6.23. The first-order valence-corrected chi connectivity index (χ1v) is 16.8. The first kappa shape index (κ1) is 43.6. The number of rotatable bonds is 37. The molecular weight excluding hydrogens is 616 g/mol. The molecule has 0 heterocycles. The maximum atomic E-state index is 8.58. The highest BCUT2D eigenvalue weighted by molar-refractivity contribution is 5.39. The van der Waals surface area contributed by atoms with E-state index in [2.05, 4.69) is 39.0 Å². The van der Waals surface area contributed by atoms with Crippen LogP contribution in [0.2, 0.25) is 0 Å². The average molecular weight is 679 g/mol. The van der Waals surface area contributed by atoms with Crippen molar-refractivity contribution in [1.82, 2.24) is 0 Å². The molecule has 1 rings (SSSR count). The van der Waals surface area contributed by atoms with E-state index in [0.717, 1.165) is 5.75 Å². The molecule has 0 aliphatic heterocycles. The van der Waals surface area contributed by atoms with Crippen LogP contribution in [-0.4, -0.2) is 164 Å². The van der Waals surface area contributed by atoms with Gasteiger partial charge >= 0.3 is 0 Å². The van der Waals surface area contributed by atoms with Gasteiger partial charge in [-0.05, 0) is 30.0 Å². The van der Waals surface area contributed by atoms with Crippen LogP contribution in [0.4, 0.5) is 0 Å². The molecule has 0 saturated heterocycles. The topological polar surface area (TPSA) is 131 Å². The van der Waals surface area contributed by atoms with Crippen LogP contribution in [-0.2, 0) is 52.1 Å². The van der Waals surface area contributed by atoms with Gasteiger partial charge in [-0.2, -0.15) is 0 Å². The highest BCUT2D eigenvalue weighted by atomic mass is 16.6.